The summed E-state index contributed by atoms with van der Waals surface area (Å²) in [7, 11) is 1.51. The van der Waals surface area contributed by atoms with E-state index in [0.717, 1.165) is 6.42 Å². The molecule has 1 unspecified atom stereocenters. The number of nitrogens with one attached hydrogen (secondary N) is 1. The van der Waals surface area contributed by atoms with Gasteiger partial charge in [0.1, 0.15) is 11.5 Å². The van der Waals surface area contributed by atoms with Crippen LogP contribution in [0.4, 0.5) is 4.39 Å². The molecule has 0 spiro atoms. The summed E-state index contributed by atoms with van der Waals surface area (Å²) in [5.74, 6) is -0.0331. The van der Waals surface area contributed by atoms with E-state index < -0.39 is 6.04 Å². The van der Waals surface area contributed by atoms with Gasteiger partial charge in [-0.05, 0) is 25.1 Å². The number of ether oxygens (including phenoxy) is 1. The molecule has 1 aromatic heterocycles. The van der Waals surface area contributed by atoms with Crippen molar-refractivity contribution in [1.82, 2.24) is 15.3 Å². The monoisotopic (exact) mass is 309 g/mol. The van der Waals surface area contributed by atoms with Gasteiger partial charge in [0.2, 0.25) is 5.88 Å². The van der Waals surface area contributed by atoms with Crippen molar-refractivity contribution in [2.24, 2.45) is 0 Å². The van der Waals surface area contributed by atoms with E-state index in [1.165, 1.54) is 19.4 Å². The molecule has 4 nitrogen and oxygen atoms in total. The highest BCUT2D eigenvalue weighted by molar-refractivity contribution is 6.31. The molecule has 0 fully saturated rings. The summed E-state index contributed by atoms with van der Waals surface area (Å²) >= 11 is 6.18. The second-order valence-electron chi connectivity index (χ2n) is 4.47. The third-order valence-corrected chi connectivity index (χ3v) is 3.37. The topological polar surface area (TPSA) is 47.0 Å². The van der Waals surface area contributed by atoms with Crippen molar-refractivity contribution in [3.05, 3.63) is 52.7 Å². The fraction of sp³-hybridized carbons (Fsp3) is 0.333. The maximum Gasteiger partial charge on any atom is 0.237 e. The zero-order valence-electron chi connectivity index (χ0n) is 11.9. The van der Waals surface area contributed by atoms with Gasteiger partial charge in [0.15, 0.2) is 0 Å². The normalized spacial score (nSPS) is 12.2. The average molecular weight is 310 g/mol. The van der Waals surface area contributed by atoms with Gasteiger partial charge in [0.25, 0.3) is 0 Å². The van der Waals surface area contributed by atoms with Crippen LogP contribution in [-0.4, -0.2) is 23.6 Å². The van der Waals surface area contributed by atoms with Crippen LogP contribution in [0.2, 0.25) is 5.02 Å². The molecule has 0 saturated carbocycles. The molecular weight excluding hydrogens is 293 g/mol. The molecule has 0 aliphatic carbocycles. The minimum atomic E-state index is -0.512. The highest BCUT2D eigenvalue weighted by Crippen LogP contribution is 2.32. The second kappa shape index (κ2) is 7.33. The Bertz CT molecular complexity index is 589. The first-order chi connectivity index (χ1) is 10.2. The third kappa shape index (κ3) is 3.49. The lowest BCUT2D eigenvalue weighted by Gasteiger charge is -2.21. The Balaban J connectivity index is 2.53. The van der Waals surface area contributed by atoms with E-state index in [4.69, 9.17) is 16.3 Å². The predicted molar refractivity (Wildman–Crippen MR) is 80.1 cm³/mol. The number of benzene rings is 1. The third-order valence-electron chi connectivity index (χ3n) is 3.04. The molecule has 0 bridgehead atoms. The molecule has 112 valence electrons. The highest BCUT2D eigenvalue weighted by atomic mass is 35.5. The van der Waals surface area contributed by atoms with Crippen molar-refractivity contribution >= 4 is 11.6 Å². The zero-order valence-corrected chi connectivity index (χ0v) is 12.7. The molecule has 6 heteroatoms. The largest absolute Gasteiger partial charge is 0.480 e. The van der Waals surface area contributed by atoms with E-state index in [2.05, 4.69) is 15.3 Å². The number of hydrogen-bond acceptors (Lipinski definition) is 4. The molecule has 0 amide bonds. The Morgan fingerprint density at radius 1 is 1.33 bits per heavy atom. The van der Waals surface area contributed by atoms with Gasteiger partial charge in [-0.15, -0.1) is 0 Å². The summed E-state index contributed by atoms with van der Waals surface area (Å²) in [5, 5.41) is 3.60. The first-order valence-electron chi connectivity index (χ1n) is 6.71. The van der Waals surface area contributed by atoms with Crippen LogP contribution in [0, 0.1) is 5.82 Å². The Morgan fingerprint density at radius 3 is 2.76 bits per heavy atom. The summed E-state index contributed by atoms with van der Waals surface area (Å²) in [4.78, 5) is 8.41. The van der Waals surface area contributed by atoms with Crippen LogP contribution in [0.3, 0.4) is 0 Å². The summed E-state index contributed by atoms with van der Waals surface area (Å²) in [6.45, 7) is 2.72. The van der Waals surface area contributed by atoms with Crippen LogP contribution < -0.4 is 10.1 Å². The van der Waals surface area contributed by atoms with Gasteiger partial charge >= 0.3 is 0 Å². The molecule has 1 heterocycles. The SMILES string of the molecule is CCCNC(c1nccnc1OC)c1c(F)cccc1Cl. The number of hydrogen-bond donors (Lipinski definition) is 1. The van der Waals surface area contributed by atoms with Crippen LogP contribution in [0.1, 0.15) is 30.6 Å². The van der Waals surface area contributed by atoms with Crippen LogP contribution in [0.25, 0.3) is 0 Å². The summed E-state index contributed by atoms with van der Waals surface area (Å²) in [5.41, 5.74) is 0.867. The predicted octanol–water partition coefficient (Wildman–Crippen LogP) is 3.37. The van der Waals surface area contributed by atoms with Gasteiger partial charge in [-0.25, -0.2) is 9.37 Å². The van der Waals surface area contributed by atoms with Crippen LogP contribution in [-0.2, 0) is 0 Å². The number of halogens is 2. The molecule has 0 aliphatic heterocycles. The van der Waals surface area contributed by atoms with Gasteiger partial charge in [-0.3, -0.25) is 4.98 Å². The molecule has 1 atom stereocenters. The number of aromatic nitrogens is 2. The smallest absolute Gasteiger partial charge is 0.237 e. The lowest BCUT2D eigenvalue weighted by atomic mass is 10.0. The zero-order chi connectivity index (χ0) is 15.2. The first-order valence-corrected chi connectivity index (χ1v) is 7.09. The van der Waals surface area contributed by atoms with E-state index in [9.17, 15) is 4.39 Å². The van der Waals surface area contributed by atoms with Crippen LogP contribution in [0.15, 0.2) is 30.6 Å². The van der Waals surface area contributed by atoms with Crippen molar-refractivity contribution < 1.29 is 9.13 Å². The van der Waals surface area contributed by atoms with Crippen molar-refractivity contribution in [2.45, 2.75) is 19.4 Å². The summed E-state index contributed by atoms with van der Waals surface area (Å²) < 4.78 is 19.5. The van der Waals surface area contributed by atoms with Gasteiger partial charge < -0.3 is 10.1 Å². The second-order valence-corrected chi connectivity index (χ2v) is 4.88. The molecule has 21 heavy (non-hydrogen) atoms. The molecule has 2 aromatic rings. The van der Waals surface area contributed by atoms with Gasteiger partial charge in [0.05, 0.1) is 13.2 Å². The molecule has 2 rings (SSSR count). The fourth-order valence-corrected chi connectivity index (χ4v) is 2.37. The number of methoxy groups -OCH3 is 1. The highest BCUT2D eigenvalue weighted by Gasteiger charge is 2.25. The fourth-order valence-electron chi connectivity index (χ4n) is 2.10. The first kappa shape index (κ1) is 15.7. The van der Waals surface area contributed by atoms with Crippen molar-refractivity contribution in [2.75, 3.05) is 13.7 Å². The van der Waals surface area contributed by atoms with Gasteiger partial charge in [-0.1, -0.05) is 24.6 Å². The number of nitrogens with zero attached hydrogens (tertiary/aromatic N) is 2. The van der Waals surface area contributed by atoms with E-state index in [1.54, 1.807) is 18.3 Å². The molecule has 0 radical (unpaired) electrons. The minimum Gasteiger partial charge on any atom is -0.480 e. The lowest BCUT2D eigenvalue weighted by Crippen LogP contribution is -2.26. The minimum absolute atomic E-state index is 0.344. The van der Waals surface area contributed by atoms with Crippen LogP contribution in [0.5, 0.6) is 5.88 Å². The van der Waals surface area contributed by atoms with E-state index in [-0.39, 0.29) is 5.82 Å². The maximum absolute atomic E-state index is 14.2. The van der Waals surface area contributed by atoms with Crippen molar-refractivity contribution in [3.8, 4) is 5.88 Å². The average Bonchev–Trinajstić information content (AvgIpc) is 2.50. The van der Waals surface area contributed by atoms with E-state index >= 15 is 0 Å². The summed E-state index contributed by atoms with van der Waals surface area (Å²) in [6, 6.07) is 4.10. The Morgan fingerprint density at radius 2 is 2.10 bits per heavy atom. The Kier molecular flexibility index (Phi) is 5.47. The van der Waals surface area contributed by atoms with E-state index in [0.29, 0.717) is 28.7 Å². The van der Waals surface area contributed by atoms with E-state index in [1.807, 2.05) is 6.92 Å². The van der Waals surface area contributed by atoms with Crippen LogP contribution >= 0.6 is 11.6 Å². The van der Waals surface area contributed by atoms with Gasteiger partial charge in [0, 0.05) is 23.0 Å². The Labute approximate surface area is 128 Å². The summed E-state index contributed by atoms with van der Waals surface area (Å²) in [6.07, 6.45) is 3.97. The molecule has 1 N–H and O–H groups in total. The molecular formula is C15H17ClFN3O. The van der Waals surface area contributed by atoms with Gasteiger partial charge in [-0.2, -0.15) is 0 Å². The molecule has 1 aromatic carbocycles. The quantitative estimate of drug-likeness (QED) is 0.889. The molecule has 0 aliphatic rings. The standard InChI is InChI=1S/C15H17ClFN3O/c1-3-7-18-13(12-10(16)5-4-6-11(12)17)14-15(21-2)20-9-8-19-14/h4-6,8-9,13,18H,3,7H2,1-2H3. The van der Waals surface area contributed by atoms with Crippen molar-refractivity contribution in [3.63, 3.8) is 0 Å². The number of rotatable bonds is 6. The maximum atomic E-state index is 14.2. The molecule has 0 saturated heterocycles. The van der Waals surface area contributed by atoms with Crippen molar-refractivity contribution in [1.29, 1.82) is 0 Å². The Hall–Kier alpha value is -1.72. The lowest BCUT2D eigenvalue weighted by molar-refractivity contribution is 0.381.